The molecule has 100 valence electrons. The molecule has 0 saturated heterocycles. The molecule has 0 amide bonds. The molecule has 2 N–H and O–H groups in total. The summed E-state index contributed by atoms with van der Waals surface area (Å²) in [6, 6.07) is 10.1. The Balaban J connectivity index is 2.02. The zero-order valence-electron chi connectivity index (χ0n) is 11.1. The molecule has 4 heteroatoms. The molecule has 1 heterocycles. The number of hydrogen-bond acceptors (Lipinski definition) is 4. The standard InChI is InChI=1S/C15H19N3O/c1-2-3-4-12-5-7-13(8-6-12)17-14-9-10-16-15(11-19)18-14/h5-10,19H,2-4,11H2,1H3,(H,16,17,18). The Morgan fingerprint density at radius 2 is 1.95 bits per heavy atom. The minimum Gasteiger partial charge on any atom is -0.388 e. The summed E-state index contributed by atoms with van der Waals surface area (Å²) in [6.45, 7) is 2.05. The van der Waals surface area contributed by atoms with Crippen LogP contribution in [0.1, 0.15) is 31.2 Å². The first-order valence-corrected chi connectivity index (χ1v) is 6.60. The number of aliphatic hydroxyl groups is 1. The fourth-order valence-electron chi connectivity index (χ4n) is 1.83. The van der Waals surface area contributed by atoms with Gasteiger partial charge in [0.2, 0.25) is 0 Å². The summed E-state index contributed by atoms with van der Waals surface area (Å²) >= 11 is 0. The molecule has 0 saturated carbocycles. The topological polar surface area (TPSA) is 58.0 Å². The lowest BCUT2D eigenvalue weighted by atomic mass is 10.1. The summed E-state index contributed by atoms with van der Waals surface area (Å²) in [4.78, 5) is 8.13. The van der Waals surface area contributed by atoms with Gasteiger partial charge in [-0.3, -0.25) is 0 Å². The third-order valence-electron chi connectivity index (χ3n) is 2.89. The Morgan fingerprint density at radius 1 is 1.16 bits per heavy atom. The van der Waals surface area contributed by atoms with E-state index in [2.05, 4.69) is 34.3 Å². The Hall–Kier alpha value is -1.94. The van der Waals surface area contributed by atoms with E-state index < -0.39 is 0 Å². The van der Waals surface area contributed by atoms with Gasteiger partial charge in [0, 0.05) is 11.9 Å². The van der Waals surface area contributed by atoms with Crippen molar-refractivity contribution in [1.82, 2.24) is 9.97 Å². The number of anilines is 2. The number of aromatic nitrogens is 2. The van der Waals surface area contributed by atoms with Gasteiger partial charge in [0.25, 0.3) is 0 Å². The SMILES string of the molecule is CCCCc1ccc(Nc2ccnc(CO)n2)cc1. The molecule has 1 aromatic heterocycles. The minimum absolute atomic E-state index is 0.147. The van der Waals surface area contributed by atoms with Gasteiger partial charge in [-0.25, -0.2) is 9.97 Å². The highest BCUT2D eigenvalue weighted by atomic mass is 16.3. The Labute approximate surface area is 113 Å². The van der Waals surface area contributed by atoms with Gasteiger partial charge in [-0.05, 0) is 36.6 Å². The summed E-state index contributed by atoms with van der Waals surface area (Å²) in [5.41, 5.74) is 2.34. The van der Waals surface area contributed by atoms with Crippen LogP contribution in [0.4, 0.5) is 11.5 Å². The van der Waals surface area contributed by atoms with Crippen LogP contribution < -0.4 is 5.32 Å². The van der Waals surface area contributed by atoms with Gasteiger partial charge in [0.05, 0.1) is 0 Å². The Bertz CT molecular complexity index is 511. The van der Waals surface area contributed by atoms with E-state index in [4.69, 9.17) is 5.11 Å². The van der Waals surface area contributed by atoms with Crippen LogP contribution in [-0.2, 0) is 13.0 Å². The van der Waals surface area contributed by atoms with Crippen LogP contribution >= 0.6 is 0 Å². The zero-order valence-corrected chi connectivity index (χ0v) is 11.1. The van der Waals surface area contributed by atoms with Crippen LogP contribution in [0.5, 0.6) is 0 Å². The molecule has 2 rings (SSSR count). The van der Waals surface area contributed by atoms with Crippen molar-refractivity contribution >= 4 is 11.5 Å². The zero-order chi connectivity index (χ0) is 13.5. The predicted octanol–water partition coefficient (Wildman–Crippen LogP) is 3.06. The average Bonchev–Trinajstić information content (AvgIpc) is 2.47. The van der Waals surface area contributed by atoms with Crippen LogP contribution in [0.15, 0.2) is 36.5 Å². The smallest absolute Gasteiger partial charge is 0.156 e. The van der Waals surface area contributed by atoms with Crippen LogP contribution in [0.3, 0.4) is 0 Å². The van der Waals surface area contributed by atoms with Gasteiger partial charge in [-0.15, -0.1) is 0 Å². The fourth-order valence-corrected chi connectivity index (χ4v) is 1.83. The van der Waals surface area contributed by atoms with Gasteiger partial charge >= 0.3 is 0 Å². The number of nitrogens with zero attached hydrogens (tertiary/aromatic N) is 2. The fraction of sp³-hybridized carbons (Fsp3) is 0.333. The van der Waals surface area contributed by atoms with E-state index in [1.165, 1.54) is 18.4 Å². The van der Waals surface area contributed by atoms with Crippen molar-refractivity contribution in [2.75, 3.05) is 5.32 Å². The molecule has 0 aliphatic carbocycles. The van der Waals surface area contributed by atoms with Crippen molar-refractivity contribution in [2.45, 2.75) is 32.8 Å². The molecular formula is C15H19N3O. The largest absolute Gasteiger partial charge is 0.388 e. The highest BCUT2D eigenvalue weighted by Gasteiger charge is 1.99. The predicted molar refractivity (Wildman–Crippen MR) is 76.3 cm³/mol. The second-order valence-corrected chi connectivity index (χ2v) is 4.44. The molecule has 1 aromatic carbocycles. The van der Waals surface area contributed by atoms with E-state index >= 15 is 0 Å². The third-order valence-corrected chi connectivity index (χ3v) is 2.89. The van der Waals surface area contributed by atoms with E-state index in [1.807, 2.05) is 12.1 Å². The molecule has 19 heavy (non-hydrogen) atoms. The first-order chi connectivity index (χ1) is 9.31. The average molecular weight is 257 g/mol. The number of benzene rings is 1. The summed E-state index contributed by atoms with van der Waals surface area (Å²) in [6.07, 6.45) is 5.19. The first kappa shape index (κ1) is 13.5. The van der Waals surface area contributed by atoms with E-state index in [9.17, 15) is 0 Å². The highest BCUT2D eigenvalue weighted by molar-refractivity contribution is 5.56. The lowest BCUT2D eigenvalue weighted by Gasteiger charge is -2.07. The maximum absolute atomic E-state index is 8.99. The molecule has 0 bridgehead atoms. The first-order valence-electron chi connectivity index (χ1n) is 6.60. The summed E-state index contributed by atoms with van der Waals surface area (Å²) in [5.74, 6) is 1.12. The number of unbranched alkanes of at least 4 members (excludes halogenated alkanes) is 1. The van der Waals surface area contributed by atoms with Gasteiger partial charge in [0.1, 0.15) is 12.4 Å². The molecule has 2 aromatic rings. The van der Waals surface area contributed by atoms with Crippen LogP contribution in [0.25, 0.3) is 0 Å². The van der Waals surface area contributed by atoms with Crippen molar-refractivity contribution in [3.05, 3.63) is 47.9 Å². The number of hydrogen-bond donors (Lipinski definition) is 2. The maximum atomic E-state index is 8.99. The molecule has 0 radical (unpaired) electrons. The molecule has 0 aliphatic heterocycles. The van der Waals surface area contributed by atoms with E-state index in [0.29, 0.717) is 11.6 Å². The number of rotatable bonds is 6. The summed E-state index contributed by atoms with van der Waals surface area (Å²) in [5, 5.41) is 12.2. The second-order valence-electron chi connectivity index (χ2n) is 4.44. The van der Waals surface area contributed by atoms with Gasteiger partial charge in [-0.1, -0.05) is 25.5 Å². The van der Waals surface area contributed by atoms with Crippen molar-refractivity contribution in [3.63, 3.8) is 0 Å². The lowest BCUT2D eigenvalue weighted by molar-refractivity contribution is 0.271. The van der Waals surface area contributed by atoms with Gasteiger partial charge in [0.15, 0.2) is 5.82 Å². The highest BCUT2D eigenvalue weighted by Crippen LogP contribution is 2.16. The van der Waals surface area contributed by atoms with Crippen LogP contribution in [-0.4, -0.2) is 15.1 Å². The minimum atomic E-state index is -0.147. The van der Waals surface area contributed by atoms with Crippen molar-refractivity contribution < 1.29 is 5.11 Å². The molecule has 0 unspecified atom stereocenters. The molecule has 0 atom stereocenters. The molecular weight excluding hydrogens is 238 g/mol. The molecule has 0 aliphatic rings. The normalized spacial score (nSPS) is 10.4. The summed E-state index contributed by atoms with van der Waals surface area (Å²) in [7, 11) is 0. The van der Waals surface area contributed by atoms with E-state index in [-0.39, 0.29) is 6.61 Å². The Kier molecular flexibility index (Phi) is 4.86. The number of nitrogens with one attached hydrogen (secondary N) is 1. The van der Waals surface area contributed by atoms with Gasteiger partial charge < -0.3 is 10.4 Å². The van der Waals surface area contributed by atoms with Gasteiger partial charge in [-0.2, -0.15) is 0 Å². The lowest BCUT2D eigenvalue weighted by Crippen LogP contribution is -1.99. The number of aliphatic hydroxyl groups excluding tert-OH is 1. The van der Waals surface area contributed by atoms with Crippen molar-refractivity contribution in [2.24, 2.45) is 0 Å². The molecule has 0 fully saturated rings. The van der Waals surface area contributed by atoms with Crippen molar-refractivity contribution in [3.8, 4) is 0 Å². The quantitative estimate of drug-likeness (QED) is 0.835. The van der Waals surface area contributed by atoms with E-state index in [0.717, 1.165) is 12.1 Å². The maximum Gasteiger partial charge on any atom is 0.156 e. The molecule has 0 spiro atoms. The number of aryl methyl sites for hydroxylation is 1. The summed E-state index contributed by atoms with van der Waals surface area (Å²) < 4.78 is 0. The Morgan fingerprint density at radius 3 is 2.63 bits per heavy atom. The second kappa shape index (κ2) is 6.85. The van der Waals surface area contributed by atoms with Crippen molar-refractivity contribution in [1.29, 1.82) is 0 Å². The van der Waals surface area contributed by atoms with Crippen LogP contribution in [0, 0.1) is 0 Å². The third kappa shape index (κ3) is 4.03. The van der Waals surface area contributed by atoms with E-state index in [1.54, 1.807) is 12.3 Å². The van der Waals surface area contributed by atoms with Crippen LogP contribution in [0.2, 0.25) is 0 Å². The molecule has 4 nitrogen and oxygen atoms in total. The monoisotopic (exact) mass is 257 g/mol.